The van der Waals surface area contributed by atoms with Gasteiger partial charge in [-0.1, -0.05) is 17.7 Å². The van der Waals surface area contributed by atoms with E-state index in [1.54, 1.807) is 0 Å². The van der Waals surface area contributed by atoms with Gasteiger partial charge in [0.05, 0.1) is 11.6 Å². The number of benzene rings is 1. The molecular formula is C12H19ClN2O. The van der Waals surface area contributed by atoms with E-state index in [1.165, 1.54) is 5.56 Å². The van der Waals surface area contributed by atoms with Crippen molar-refractivity contribution in [2.24, 2.45) is 0 Å². The Bertz CT molecular complexity index is 318. The molecule has 0 fully saturated rings. The first-order valence-electron chi connectivity index (χ1n) is 5.54. The van der Waals surface area contributed by atoms with Crippen molar-refractivity contribution in [1.82, 2.24) is 10.6 Å². The molecule has 4 heteroatoms. The van der Waals surface area contributed by atoms with E-state index in [9.17, 15) is 0 Å². The maximum Gasteiger partial charge on any atom is 0.137 e. The second-order valence-electron chi connectivity index (χ2n) is 3.48. The van der Waals surface area contributed by atoms with Crippen LogP contribution in [0.2, 0.25) is 5.02 Å². The standard InChI is InChI=1S/C12H19ClN2O/c1-3-16-12-5-4-10(8-11(12)13)9-15-7-6-14-2/h4-5,8,14-15H,3,6-7,9H2,1-2H3. The van der Waals surface area contributed by atoms with E-state index in [0.29, 0.717) is 11.6 Å². The van der Waals surface area contributed by atoms with Crippen LogP contribution < -0.4 is 15.4 Å². The van der Waals surface area contributed by atoms with Crippen LogP contribution in [-0.4, -0.2) is 26.7 Å². The van der Waals surface area contributed by atoms with Crippen molar-refractivity contribution in [2.45, 2.75) is 13.5 Å². The molecule has 16 heavy (non-hydrogen) atoms. The third kappa shape index (κ3) is 4.39. The number of hydrogen-bond acceptors (Lipinski definition) is 3. The van der Waals surface area contributed by atoms with E-state index in [-0.39, 0.29) is 0 Å². The first kappa shape index (κ1) is 13.3. The van der Waals surface area contributed by atoms with Gasteiger partial charge in [0.15, 0.2) is 0 Å². The number of nitrogens with one attached hydrogen (secondary N) is 2. The molecule has 0 spiro atoms. The number of halogens is 1. The quantitative estimate of drug-likeness (QED) is 0.718. The summed E-state index contributed by atoms with van der Waals surface area (Å²) < 4.78 is 5.37. The lowest BCUT2D eigenvalue weighted by atomic mass is 10.2. The predicted molar refractivity (Wildman–Crippen MR) is 68.3 cm³/mol. The third-order valence-electron chi connectivity index (χ3n) is 2.18. The van der Waals surface area contributed by atoms with Gasteiger partial charge in [0.2, 0.25) is 0 Å². The Balaban J connectivity index is 2.46. The van der Waals surface area contributed by atoms with Gasteiger partial charge in [0.1, 0.15) is 5.75 Å². The fraction of sp³-hybridized carbons (Fsp3) is 0.500. The molecule has 2 N–H and O–H groups in total. The molecule has 0 aliphatic carbocycles. The SMILES string of the molecule is CCOc1ccc(CNCCNC)cc1Cl. The lowest BCUT2D eigenvalue weighted by molar-refractivity contribution is 0.340. The lowest BCUT2D eigenvalue weighted by Crippen LogP contribution is -2.24. The van der Waals surface area contributed by atoms with E-state index in [0.717, 1.165) is 25.4 Å². The maximum atomic E-state index is 6.08. The molecule has 0 unspecified atom stereocenters. The fourth-order valence-electron chi connectivity index (χ4n) is 1.37. The van der Waals surface area contributed by atoms with Crippen LogP contribution in [0.1, 0.15) is 12.5 Å². The Kier molecular flexibility index (Phi) is 6.23. The second kappa shape index (κ2) is 7.49. The van der Waals surface area contributed by atoms with Crippen LogP contribution >= 0.6 is 11.6 Å². The summed E-state index contributed by atoms with van der Waals surface area (Å²) in [6.45, 7) is 5.32. The summed E-state index contributed by atoms with van der Waals surface area (Å²) in [6.07, 6.45) is 0. The van der Waals surface area contributed by atoms with E-state index < -0.39 is 0 Å². The third-order valence-corrected chi connectivity index (χ3v) is 2.47. The van der Waals surface area contributed by atoms with Gasteiger partial charge in [0, 0.05) is 19.6 Å². The highest BCUT2D eigenvalue weighted by molar-refractivity contribution is 6.32. The Morgan fingerprint density at radius 3 is 2.75 bits per heavy atom. The Labute approximate surface area is 102 Å². The molecule has 0 saturated carbocycles. The molecule has 0 heterocycles. The molecule has 0 aliphatic rings. The molecule has 1 aromatic rings. The van der Waals surface area contributed by atoms with E-state index in [4.69, 9.17) is 16.3 Å². The second-order valence-corrected chi connectivity index (χ2v) is 3.89. The van der Waals surface area contributed by atoms with Gasteiger partial charge in [-0.05, 0) is 31.7 Å². The fourth-order valence-corrected chi connectivity index (χ4v) is 1.63. The number of hydrogen-bond donors (Lipinski definition) is 2. The van der Waals surface area contributed by atoms with Crippen molar-refractivity contribution in [3.63, 3.8) is 0 Å². The Morgan fingerprint density at radius 2 is 2.12 bits per heavy atom. The summed E-state index contributed by atoms with van der Waals surface area (Å²) >= 11 is 6.08. The first-order chi connectivity index (χ1) is 7.77. The molecule has 0 aromatic heterocycles. The first-order valence-corrected chi connectivity index (χ1v) is 5.92. The molecule has 0 aliphatic heterocycles. The molecule has 0 radical (unpaired) electrons. The van der Waals surface area contributed by atoms with Crippen molar-refractivity contribution in [1.29, 1.82) is 0 Å². The largest absolute Gasteiger partial charge is 0.492 e. The van der Waals surface area contributed by atoms with Crippen molar-refractivity contribution in [3.05, 3.63) is 28.8 Å². The Hall–Kier alpha value is -0.770. The van der Waals surface area contributed by atoms with E-state index in [1.807, 2.05) is 32.2 Å². The van der Waals surface area contributed by atoms with Gasteiger partial charge >= 0.3 is 0 Å². The zero-order chi connectivity index (χ0) is 11.8. The molecule has 90 valence electrons. The molecular weight excluding hydrogens is 224 g/mol. The summed E-state index contributed by atoms with van der Waals surface area (Å²) in [4.78, 5) is 0. The highest BCUT2D eigenvalue weighted by Gasteiger charge is 2.01. The summed E-state index contributed by atoms with van der Waals surface area (Å²) in [6, 6.07) is 5.89. The maximum absolute atomic E-state index is 6.08. The molecule has 1 aromatic carbocycles. The van der Waals surface area contributed by atoms with Gasteiger partial charge in [0.25, 0.3) is 0 Å². The van der Waals surface area contributed by atoms with Gasteiger partial charge < -0.3 is 15.4 Å². The van der Waals surface area contributed by atoms with Crippen LogP contribution in [0.4, 0.5) is 0 Å². The summed E-state index contributed by atoms with van der Waals surface area (Å²) in [5.74, 6) is 0.753. The topological polar surface area (TPSA) is 33.3 Å². The average molecular weight is 243 g/mol. The van der Waals surface area contributed by atoms with Crippen LogP contribution in [0, 0.1) is 0 Å². The number of rotatable bonds is 7. The zero-order valence-corrected chi connectivity index (χ0v) is 10.6. The van der Waals surface area contributed by atoms with Crippen molar-refractivity contribution in [3.8, 4) is 5.75 Å². The van der Waals surface area contributed by atoms with Crippen LogP contribution in [0.5, 0.6) is 5.75 Å². The monoisotopic (exact) mass is 242 g/mol. The predicted octanol–water partition coefficient (Wildman–Crippen LogP) is 2.05. The van der Waals surface area contributed by atoms with Crippen LogP contribution in [0.25, 0.3) is 0 Å². The van der Waals surface area contributed by atoms with Gasteiger partial charge in [-0.2, -0.15) is 0 Å². The zero-order valence-electron chi connectivity index (χ0n) is 9.85. The molecule has 0 saturated heterocycles. The minimum atomic E-state index is 0.638. The average Bonchev–Trinajstić information content (AvgIpc) is 2.28. The van der Waals surface area contributed by atoms with Gasteiger partial charge in [-0.3, -0.25) is 0 Å². The van der Waals surface area contributed by atoms with Crippen LogP contribution in [0.3, 0.4) is 0 Å². The van der Waals surface area contributed by atoms with Crippen molar-refractivity contribution in [2.75, 3.05) is 26.7 Å². The minimum Gasteiger partial charge on any atom is -0.492 e. The highest BCUT2D eigenvalue weighted by atomic mass is 35.5. The normalized spacial score (nSPS) is 10.4. The molecule has 0 bridgehead atoms. The van der Waals surface area contributed by atoms with Crippen LogP contribution in [0.15, 0.2) is 18.2 Å². The van der Waals surface area contributed by atoms with Crippen LogP contribution in [-0.2, 0) is 6.54 Å². The number of ether oxygens (including phenoxy) is 1. The molecule has 3 nitrogen and oxygen atoms in total. The summed E-state index contributed by atoms with van der Waals surface area (Å²) in [5.41, 5.74) is 1.17. The van der Waals surface area contributed by atoms with Crippen molar-refractivity contribution < 1.29 is 4.74 Å². The van der Waals surface area contributed by atoms with E-state index >= 15 is 0 Å². The Morgan fingerprint density at radius 1 is 1.31 bits per heavy atom. The molecule has 0 atom stereocenters. The van der Waals surface area contributed by atoms with Crippen molar-refractivity contribution >= 4 is 11.6 Å². The summed E-state index contributed by atoms with van der Waals surface area (Å²) in [5, 5.41) is 7.08. The minimum absolute atomic E-state index is 0.638. The highest BCUT2D eigenvalue weighted by Crippen LogP contribution is 2.25. The van der Waals surface area contributed by atoms with Gasteiger partial charge in [-0.25, -0.2) is 0 Å². The van der Waals surface area contributed by atoms with E-state index in [2.05, 4.69) is 10.6 Å². The van der Waals surface area contributed by atoms with Gasteiger partial charge in [-0.15, -0.1) is 0 Å². The summed E-state index contributed by atoms with van der Waals surface area (Å²) in [7, 11) is 1.94. The molecule has 0 amide bonds. The smallest absolute Gasteiger partial charge is 0.137 e. The number of likely N-dealkylation sites (N-methyl/N-ethyl adjacent to an activating group) is 1. The molecule has 1 rings (SSSR count). The lowest BCUT2D eigenvalue weighted by Gasteiger charge is -2.08.